The topological polar surface area (TPSA) is 87.0 Å². The molecule has 0 saturated heterocycles. The minimum absolute atomic E-state index is 0.0427. The van der Waals surface area contributed by atoms with Crippen LogP contribution in [0.5, 0.6) is 11.5 Å². The van der Waals surface area contributed by atoms with Crippen LogP contribution < -0.4 is 14.9 Å². The molecule has 1 aromatic carbocycles. The third-order valence-corrected chi connectivity index (χ3v) is 6.45. The molecule has 0 radical (unpaired) electrons. The molecule has 7 heteroatoms. The predicted molar refractivity (Wildman–Crippen MR) is 112 cm³/mol. The summed E-state index contributed by atoms with van der Waals surface area (Å²) in [6.07, 6.45) is 3.49. The number of benzene rings is 1. The number of pyridine rings is 1. The maximum atomic E-state index is 12.5. The van der Waals surface area contributed by atoms with Crippen LogP contribution in [0, 0.1) is 5.41 Å². The molecular weight excluding hydrogens is 386 g/mol. The number of carboxylic acid groups (broad SMARTS) is 1. The number of methoxy groups -OCH3 is 2. The summed E-state index contributed by atoms with van der Waals surface area (Å²) in [6, 6.07) is 5.41. The lowest BCUT2D eigenvalue weighted by Crippen LogP contribution is -2.32. The van der Waals surface area contributed by atoms with Crippen LogP contribution in [0.1, 0.15) is 54.6 Å². The van der Waals surface area contributed by atoms with Crippen LogP contribution in [0.3, 0.4) is 0 Å². The minimum Gasteiger partial charge on any atom is -0.493 e. The van der Waals surface area contributed by atoms with Crippen LogP contribution >= 0.6 is 0 Å². The van der Waals surface area contributed by atoms with E-state index in [-0.39, 0.29) is 22.9 Å². The summed E-state index contributed by atoms with van der Waals surface area (Å²) < 4.78 is 18.5. The smallest absolute Gasteiger partial charge is 0.341 e. The summed E-state index contributed by atoms with van der Waals surface area (Å²) >= 11 is 0. The summed E-state index contributed by atoms with van der Waals surface area (Å²) in [4.78, 5) is 24.1. The first-order chi connectivity index (χ1) is 14.3. The highest BCUT2D eigenvalue weighted by atomic mass is 16.5. The van der Waals surface area contributed by atoms with Crippen LogP contribution in [0.15, 0.2) is 29.2 Å². The van der Waals surface area contributed by atoms with E-state index in [9.17, 15) is 14.7 Å². The summed E-state index contributed by atoms with van der Waals surface area (Å²) in [5.74, 6) is 0.215. The highest BCUT2D eigenvalue weighted by molar-refractivity contribution is 5.88. The van der Waals surface area contributed by atoms with Gasteiger partial charge in [0.25, 0.3) is 0 Å². The molecule has 1 aliphatic heterocycles. The van der Waals surface area contributed by atoms with Crippen LogP contribution in [0.4, 0.5) is 0 Å². The number of carbonyl (C=O) groups is 1. The van der Waals surface area contributed by atoms with E-state index >= 15 is 0 Å². The van der Waals surface area contributed by atoms with Gasteiger partial charge in [0.05, 0.1) is 19.4 Å². The van der Waals surface area contributed by atoms with E-state index in [1.54, 1.807) is 14.2 Å². The normalized spacial score (nSPS) is 20.8. The first-order valence-corrected chi connectivity index (χ1v) is 10.1. The van der Waals surface area contributed by atoms with Gasteiger partial charge in [-0.2, -0.15) is 0 Å². The van der Waals surface area contributed by atoms with E-state index in [1.807, 2.05) is 16.7 Å². The number of aromatic carboxylic acids is 1. The molecule has 2 atom stereocenters. The molecule has 0 unspecified atom stereocenters. The van der Waals surface area contributed by atoms with Crippen LogP contribution in [-0.2, 0) is 4.74 Å². The number of nitrogens with zero attached hydrogens (tertiary/aromatic N) is 1. The minimum atomic E-state index is -1.20. The Bertz CT molecular complexity index is 1050. The lowest BCUT2D eigenvalue weighted by atomic mass is 9.77. The Morgan fingerprint density at radius 3 is 2.63 bits per heavy atom. The lowest BCUT2D eigenvalue weighted by molar-refractivity contribution is 0.0693. The third-order valence-electron chi connectivity index (χ3n) is 6.45. The van der Waals surface area contributed by atoms with Crippen LogP contribution in [0.25, 0.3) is 11.3 Å². The summed E-state index contributed by atoms with van der Waals surface area (Å²) in [5, 5.41) is 9.49. The van der Waals surface area contributed by atoms with Crippen LogP contribution in [-0.4, -0.2) is 43.1 Å². The Morgan fingerprint density at radius 2 is 1.97 bits per heavy atom. The number of hydrogen-bond acceptors (Lipinski definition) is 5. The molecule has 7 nitrogen and oxygen atoms in total. The van der Waals surface area contributed by atoms with E-state index in [4.69, 9.17) is 14.2 Å². The van der Waals surface area contributed by atoms with E-state index in [1.165, 1.54) is 12.3 Å². The van der Waals surface area contributed by atoms with E-state index in [2.05, 4.69) is 13.8 Å². The molecule has 0 amide bonds. The van der Waals surface area contributed by atoms with Crippen molar-refractivity contribution in [2.75, 3.05) is 27.4 Å². The molecular formula is C23H27NO6. The molecule has 1 fully saturated rings. The van der Waals surface area contributed by atoms with E-state index in [0.717, 1.165) is 29.7 Å². The van der Waals surface area contributed by atoms with Gasteiger partial charge in [-0.1, -0.05) is 13.8 Å². The first kappa shape index (κ1) is 20.5. The number of ether oxygens (including phenoxy) is 3. The average molecular weight is 413 g/mol. The number of aromatic nitrogens is 1. The molecule has 1 aliphatic carbocycles. The van der Waals surface area contributed by atoms with Crippen molar-refractivity contribution in [3.63, 3.8) is 0 Å². The van der Waals surface area contributed by atoms with Gasteiger partial charge in [0.15, 0.2) is 16.9 Å². The zero-order valence-corrected chi connectivity index (χ0v) is 17.7. The molecule has 1 saturated carbocycles. The van der Waals surface area contributed by atoms with Crippen molar-refractivity contribution >= 4 is 5.97 Å². The van der Waals surface area contributed by atoms with Gasteiger partial charge in [0.2, 0.25) is 0 Å². The Hall–Kier alpha value is -2.80. The van der Waals surface area contributed by atoms with Crippen molar-refractivity contribution in [2.45, 2.75) is 38.6 Å². The largest absolute Gasteiger partial charge is 0.493 e. The first-order valence-electron chi connectivity index (χ1n) is 10.1. The number of hydrogen-bond donors (Lipinski definition) is 1. The summed E-state index contributed by atoms with van der Waals surface area (Å²) in [7, 11) is 3.20. The number of fused-ring (bicyclic) bond motifs is 6. The van der Waals surface area contributed by atoms with Crippen molar-refractivity contribution < 1.29 is 24.1 Å². The van der Waals surface area contributed by atoms with Gasteiger partial charge in [0, 0.05) is 36.9 Å². The molecule has 0 spiro atoms. The van der Waals surface area contributed by atoms with E-state index < -0.39 is 11.4 Å². The zero-order chi connectivity index (χ0) is 21.6. The third kappa shape index (κ3) is 3.17. The maximum Gasteiger partial charge on any atom is 0.341 e. The van der Waals surface area contributed by atoms with Gasteiger partial charge < -0.3 is 23.9 Å². The number of carboxylic acids is 1. The highest BCUT2D eigenvalue weighted by Gasteiger charge is 2.47. The van der Waals surface area contributed by atoms with Gasteiger partial charge in [-0.3, -0.25) is 4.79 Å². The average Bonchev–Trinajstić information content (AvgIpc) is 3.02. The molecule has 4 rings (SSSR count). The van der Waals surface area contributed by atoms with Crippen molar-refractivity contribution in [1.29, 1.82) is 0 Å². The van der Waals surface area contributed by atoms with Crippen molar-refractivity contribution in [2.24, 2.45) is 5.41 Å². The Labute approximate surface area is 175 Å². The van der Waals surface area contributed by atoms with E-state index in [0.29, 0.717) is 24.7 Å². The Balaban J connectivity index is 1.94. The van der Waals surface area contributed by atoms with Crippen LogP contribution in [0.2, 0.25) is 0 Å². The highest BCUT2D eigenvalue weighted by Crippen LogP contribution is 2.59. The van der Waals surface area contributed by atoms with Gasteiger partial charge in [-0.05, 0) is 36.0 Å². The fraction of sp³-hybridized carbons (Fsp3) is 0.478. The fourth-order valence-electron chi connectivity index (χ4n) is 5.04. The Kier molecular flexibility index (Phi) is 5.10. The van der Waals surface area contributed by atoms with Gasteiger partial charge in [-0.25, -0.2) is 4.79 Å². The molecule has 1 N–H and O–H groups in total. The second kappa shape index (κ2) is 7.47. The van der Waals surface area contributed by atoms with Gasteiger partial charge >= 0.3 is 5.97 Å². The quantitative estimate of drug-likeness (QED) is 0.727. The van der Waals surface area contributed by atoms with Crippen molar-refractivity contribution in [3.05, 3.63) is 45.7 Å². The molecule has 2 aromatic rings. The Morgan fingerprint density at radius 1 is 1.20 bits per heavy atom. The standard InChI is InChI=1S/C23H27NO6/c1-23(2)6-5-13-14-9-20(30-8-7-28-3)19(29-4)10-15(14)17-11-18(25)16(22(26)27)12-24(17)21(13)23/h9-13,21H,5-8H2,1-4H3,(H,26,27)/t13-,21+/m1/s1. The molecule has 160 valence electrons. The lowest BCUT2D eigenvalue weighted by Gasteiger charge is -2.40. The molecule has 0 bridgehead atoms. The second-order valence-electron chi connectivity index (χ2n) is 8.66. The van der Waals surface area contributed by atoms with Gasteiger partial charge in [-0.15, -0.1) is 0 Å². The second-order valence-corrected chi connectivity index (χ2v) is 8.66. The summed E-state index contributed by atoms with van der Waals surface area (Å²) in [6.45, 7) is 5.27. The SMILES string of the molecule is COCCOc1cc2c(cc1OC)-c1cc(=O)c(C(=O)O)cn1[C@H]1[C@@H]2CCC1(C)C. The van der Waals surface area contributed by atoms with Crippen molar-refractivity contribution in [1.82, 2.24) is 4.57 Å². The fourth-order valence-corrected chi connectivity index (χ4v) is 5.04. The van der Waals surface area contributed by atoms with Crippen molar-refractivity contribution in [3.8, 4) is 22.8 Å². The summed E-state index contributed by atoms with van der Waals surface area (Å²) in [5.41, 5.74) is 1.99. The predicted octanol–water partition coefficient (Wildman–Crippen LogP) is 3.71. The molecule has 30 heavy (non-hydrogen) atoms. The van der Waals surface area contributed by atoms with Gasteiger partial charge in [0.1, 0.15) is 12.2 Å². The maximum absolute atomic E-state index is 12.5. The zero-order valence-electron chi connectivity index (χ0n) is 17.7. The molecule has 2 heterocycles. The molecule has 1 aromatic heterocycles. The monoisotopic (exact) mass is 413 g/mol. The number of rotatable bonds is 6. The molecule has 2 aliphatic rings.